The van der Waals surface area contributed by atoms with E-state index in [-0.39, 0.29) is 29.9 Å². The first-order chi connectivity index (χ1) is 7.45. The zero-order valence-corrected chi connectivity index (χ0v) is 10.5. The van der Waals surface area contributed by atoms with E-state index in [1.807, 2.05) is 0 Å². The van der Waals surface area contributed by atoms with Crippen LogP contribution < -0.4 is 10.6 Å². The van der Waals surface area contributed by atoms with Gasteiger partial charge < -0.3 is 15.7 Å². The minimum absolute atomic E-state index is 0.00950. The number of nitrogens with one attached hydrogen (secondary N) is 2. The summed E-state index contributed by atoms with van der Waals surface area (Å²) < 4.78 is 0. The maximum Gasteiger partial charge on any atom is 0.224 e. The molecule has 2 atom stereocenters. The Morgan fingerprint density at radius 3 is 2.69 bits per heavy atom. The van der Waals surface area contributed by atoms with Crippen LogP contribution in [0.1, 0.15) is 33.6 Å². The Hall–Kier alpha value is -0.610. The topological polar surface area (TPSA) is 61.4 Å². The van der Waals surface area contributed by atoms with E-state index in [1.165, 1.54) is 0 Å². The number of rotatable bonds is 4. The Morgan fingerprint density at radius 1 is 1.56 bits per heavy atom. The third-order valence-electron chi connectivity index (χ3n) is 3.21. The second-order valence-corrected chi connectivity index (χ2v) is 5.63. The van der Waals surface area contributed by atoms with E-state index in [1.54, 1.807) is 0 Å². The molecule has 2 unspecified atom stereocenters. The van der Waals surface area contributed by atoms with Gasteiger partial charge in [-0.25, -0.2) is 0 Å². The second-order valence-electron chi connectivity index (χ2n) is 5.63. The molecule has 4 heteroatoms. The molecule has 0 aromatic carbocycles. The van der Waals surface area contributed by atoms with E-state index in [0.717, 1.165) is 19.5 Å². The zero-order chi connectivity index (χ0) is 12.2. The van der Waals surface area contributed by atoms with Crippen LogP contribution in [0.25, 0.3) is 0 Å². The Labute approximate surface area is 97.8 Å². The van der Waals surface area contributed by atoms with Crippen molar-refractivity contribution < 1.29 is 9.90 Å². The summed E-state index contributed by atoms with van der Waals surface area (Å²) in [6.45, 7) is 8.08. The molecule has 1 saturated heterocycles. The molecular weight excluding hydrogens is 204 g/mol. The standard InChI is InChI=1S/C12H24N2O2/c1-12(2,3)10(5-7-15)14-11(16)9-4-6-13-8-9/h9-10,13,15H,4-8H2,1-3H3,(H,14,16). The van der Waals surface area contributed by atoms with Gasteiger partial charge in [-0.05, 0) is 24.8 Å². The Morgan fingerprint density at radius 2 is 2.25 bits per heavy atom. The van der Waals surface area contributed by atoms with Gasteiger partial charge >= 0.3 is 0 Å². The largest absolute Gasteiger partial charge is 0.396 e. The molecule has 0 bridgehead atoms. The highest BCUT2D eigenvalue weighted by molar-refractivity contribution is 5.79. The smallest absolute Gasteiger partial charge is 0.224 e. The molecule has 4 nitrogen and oxygen atoms in total. The van der Waals surface area contributed by atoms with Crippen LogP contribution in [0.4, 0.5) is 0 Å². The molecule has 1 fully saturated rings. The molecule has 94 valence electrons. The second kappa shape index (κ2) is 5.64. The van der Waals surface area contributed by atoms with Crippen molar-refractivity contribution in [1.82, 2.24) is 10.6 Å². The zero-order valence-electron chi connectivity index (χ0n) is 10.5. The van der Waals surface area contributed by atoms with Crippen LogP contribution in [0.5, 0.6) is 0 Å². The van der Waals surface area contributed by atoms with Crippen molar-refractivity contribution in [1.29, 1.82) is 0 Å². The molecule has 0 radical (unpaired) electrons. The molecule has 1 aliphatic rings. The van der Waals surface area contributed by atoms with Crippen LogP contribution in [0.3, 0.4) is 0 Å². The lowest BCUT2D eigenvalue weighted by Crippen LogP contribution is -2.46. The minimum Gasteiger partial charge on any atom is -0.396 e. The molecule has 1 heterocycles. The van der Waals surface area contributed by atoms with Gasteiger partial charge in [-0.2, -0.15) is 0 Å². The Balaban J connectivity index is 2.50. The predicted molar refractivity (Wildman–Crippen MR) is 64.1 cm³/mol. The van der Waals surface area contributed by atoms with Crippen LogP contribution in [0.15, 0.2) is 0 Å². The van der Waals surface area contributed by atoms with Gasteiger partial charge in [0.1, 0.15) is 0 Å². The summed E-state index contributed by atoms with van der Waals surface area (Å²) in [5.41, 5.74) is -0.00950. The highest BCUT2D eigenvalue weighted by Crippen LogP contribution is 2.22. The SMILES string of the molecule is CC(C)(C)C(CCO)NC(=O)C1CCNC1. The fourth-order valence-electron chi connectivity index (χ4n) is 2.02. The van der Waals surface area contributed by atoms with Crippen LogP contribution in [0.2, 0.25) is 0 Å². The van der Waals surface area contributed by atoms with E-state index >= 15 is 0 Å². The van der Waals surface area contributed by atoms with Crippen molar-refractivity contribution in [2.75, 3.05) is 19.7 Å². The highest BCUT2D eigenvalue weighted by atomic mass is 16.3. The lowest BCUT2D eigenvalue weighted by Gasteiger charge is -2.32. The molecule has 0 spiro atoms. The number of hydrogen-bond acceptors (Lipinski definition) is 3. The minimum atomic E-state index is -0.00950. The normalized spacial score (nSPS) is 23.1. The third kappa shape index (κ3) is 3.76. The maximum atomic E-state index is 11.9. The predicted octanol–water partition coefficient (Wildman–Crippen LogP) is 0.509. The summed E-state index contributed by atoms with van der Waals surface area (Å²) in [6.07, 6.45) is 1.54. The monoisotopic (exact) mass is 228 g/mol. The Kier molecular flexibility index (Phi) is 4.74. The summed E-state index contributed by atoms with van der Waals surface area (Å²) in [5, 5.41) is 15.3. The number of carbonyl (C=O) groups excluding carboxylic acids is 1. The third-order valence-corrected chi connectivity index (χ3v) is 3.21. The van der Waals surface area contributed by atoms with Crippen molar-refractivity contribution >= 4 is 5.91 Å². The van der Waals surface area contributed by atoms with Crippen molar-refractivity contribution in [3.05, 3.63) is 0 Å². The van der Waals surface area contributed by atoms with Gasteiger partial charge in [0, 0.05) is 19.2 Å². The molecule has 0 aliphatic carbocycles. The molecule has 0 saturated carbocycles. The lowest BCUT2D eigenvalue weighted by atomic mass is 9.84. The van der Waals surface area contributed by atoms with Gasteiger partial charge in [0.25, 0.3) is 0 Å². The number of aliphatic hydroxyl groups excluding tert-OH is 1. The summed E-state index contributed by atoms with van der Waals surface area (Å²) in [5.74, 6) is 0.224. The van der Waals surface area contributed by atoms with Crippen molar-refractivity contribution in [2.24, 2.45) is 11.3 Å². The van der Waals surface area contributed by atoms with E-state index in [2.05, 4.69) is 31.4 Å². The first kappa shape index (κ1) is 13.5. The summed E-state index contributed by atoms with van der Waals surface area (Å²) in [4.78, 5) is 11.9. The van der Waals surface area contributed by atoms with E-state index in [4.69, 9.17) is 5.11 Å². The molecule has 0 aromatic heterocycles. The molecule has 16 heavy (non-hydrogen) atoms. The number of hydrogen-bond donors (Lipinski definition) is 3. The molecule has 1 rings (SSSR count). The van der Waals surface area contributed by atoms with E-state index in [0.29, 0.717) is 6.42 Å². The van der Waals surface area contributed by atoms with Gasteiger partial charge in [-0.1, -0.05) is 20.8 Å². The van der Waals surface area contributed by atoms with Crippen molar-refractivity contribution in [2.45, 2.75) is 39.7 Å². The average Bonchev–Trinajstić information content (AvgIpc) is 2.68. The van der Waals surface area contributed by atoms with E-state index < -0.39 is 0 Å². The van der Waals surface area contributed by atoms with Crippen molar-refractivity contribution in [3.63, 3.8) is 0 Å². The average molecular weight is 228 g/mol. The Bertz CT molecular complexity index is 230. The number of amides is 1. The van der Waals surface area contributed by atoms with Crippen molar-refractivity contribution in [3.8, 4) is 0 Å². The van der Waals surface area contributed by atoms with Gasteiger partial charge in [0.05, 0.1) is 5.92 Å². The molecule has 1 amide bonds. The highest BCUT2D eigenvalue weighted by Gasteiger charge is 2.29. The number of carbonyl (C=O) groups is 1. The maximum absolute atomic E-state index is 11.9. The first-order valence-electron chi connectivity index (χ1n) is 6.07. The lowest BCUT2D eigenvalue weighted by molar-refractivity contribution is -0.126. The van der Waals surface area contributed by atoms with Crippen LogP contribution in [-0.2, 0) is 4.79 Å². The van der Waals surface area contributed by atoms with Gasteiger partial charge in [0.15, 0.2) is 0 Å². The number of aliphatic hydroxyl groups is 1. The summed E-state index contributed by atoms with van der Waals surface area (Å²) in [7, 11) is 0. The first-order valence-corrected chi connectivity index (χ1v) is 6.07. The van der Waals surface area contributed by atoms with Gasteiger partial charge in [0.2, 0.25) is 5.91 Å². The van der Waals surface area contributed by atoms with Gasteiger partial charge in [-0.3, -0.25) is 4.79 Å². The molecular formula is C12H24N2O2. The van der Waals surface area contributed by atoms with Crippen LogP contribution >= 0.6 is 0 Å². The van der Waals surface area contributed by atoms with Crippen LogP contribution in [-0.4, -0.2) is 36.8 Å². The molecule has 0 aromatic rings. The summed E-state index contributed by atoms with van der Waals surface area (Å²) >= 11 is 0. The fraction of sp³-hybridized carbons (Fsp3) is 0.917. The van der Waals surface area contributed by atoms with E-state index in [9.17, 15) is 4.79 Å². The summed E-state index contributed by atoms with van der Waals surface area (Å²) in [6, 6.07) is 0.0469. The van der Waals surface area contributed by atoms with Crippen LogP contribution in [0, 0.1) is 11.3 Å². The quantitative estimate of drug-likeness (QED) is 0.657. The van der Waals surface area contributed by atoms with Gasteiger partial charge in [-0.15, -0.1) is 0 Å². The molecule has 3 N–H and O–H groups in total. The molecule has 1 aliphatic heterocycles. The fourth-order valence-corrected chi connectivity index (χ4v) is 2.02.